The maximum atomic E-state index is 14.7. The summed E-state index contributed by atoms with van der Waals surface area (Å²) >= 11 is 0. The van der Waals surface area contributed by atoms with Crippen LogP contribution in [0.3, 0.4) is 0 Å². The van der Waals surface area contributed by atoms with Gasteiger partial charge in [-0.15, -0.1) is 13.2 Å². The molecule has 3 heterocycles. The lowest BCUT2D eigenvalue weighted by Gasteiger charge is -2.43. The zero-order valence-corrected chi connectivity index (χ0v) is 47.0. The summed E-state index contributed by atoms with van der Waals surface area (Å²) in [5, 5.41) is 11.8. The van der Waals surface area contributed by atoms with Crippen molar-refractivity contribution < 1.29 is 41.9 Å². The van der Waals surface area contributed by atoms with Crippen LogP contribution in [0.4, 0.5) is 0 Å². The van der Waals surface area contributed by atoms with E-state index in [1.807, 2.05) is 52.0 Å². The molecule has 1 aliphatic carbocycles. The van der Waals surface area contributed by atoms with E-state index in [-0.39, 0.29) is 68.5 Å². The van der Waals surface area contributed by atoms with Crippen molar-refractivity contribution in [3.8, 4) is 5.75 Å². The molecule has 2 saturated heterocycles. The van der Waals surface area contributed by atoms with Crippen molar-refractivity contribution in [2.75, 3.05) is 26.2 Å². The van der Waals surface area contributed by atoms with Crippen LogP contribution in [0.2, 0.25) is 0 Å². The lowest BCUT2D eigenvalue weighted by Crippen LogP contribution is -2.67. The lowest BCUT2D eigenvalue weighted by atomic mass is 9.75. The van der Waals surface area contributed by atoms with Gasteiger partial charge in [0, 0.05) is 44.6 Å². The maximum Gasteiger partial charge on any atom is 0.264 e. The molecule has 0 bridgehead atoms. The van der Waals surface area contributed by atoms with Gasteiger partial charge in [-0.2, -0.15) is 0 Å². The van der Waals surface area contributed by atoms with Crippen molar-refractivity contribution in [2.24, 2.45) is 16.5 Å². The summed E-state index contributed by atoms with van der Waals surface area (Å²) in [7, 11) is -4.19. The summed E-state index contributed by atoms with van der Waals surface area (Å²) in [6, 6.07) is 3.06. The quantitative estimate of drug-likeness (QED) is 0.0303. The molecule has 19 nitrogen and oxygen atoms in total. The van der Waals surface area contributed by atoms with Gasteiger partial charge in [-0.3, -0.25) is 33.8 Å². The highest BCUT2D eigenvalue weighted by Crippen LogP contribution is 2.44. The average molecular weight is 1090 g/mol. The van der Waals surface area contributed by atoms with E-state index in [4.69, 9.17) is 16.2 Å². The Morgan fingerprint density at radius 2 is 1.48 bits per heavy atom. The van der Waals surface area contributed by atoms with Crippen LogP contribution in [0.5, 0.6) is 5.75 Å². The number of hydrogen-bond donors (Lipinski definition) is 7. The molecule has 1 saturated carbocycles. The molecule has 6 amide bonds. The van der Waals surface area contributed by atoms with Crippen LogP contribution in [0.25, 0.3) is 0 Å². The van der Waals surface area contributed by atoms with Crippen molar-refractivity contribution in [3.05, 3.63) is 83.0 Å². The first-order valence-corrected chi connectivity index (χ1v) is 29.1. The zero-order chi connectivity index (χ0) is 56.2. The topological polar surface area (TPSA) is 277 Å². The first-order chi connectivity index (χ1) is 36.6. The molecule has 0 aromatic heterocycles. The number of aryl methyl sites for hydroxylation is 1. The van der Waals surface area contributed by atoms with E-state index in [1.165, 1.54) is 9.80 Å². The molecule has 9 N–H and O–H groups in total. The summed E-state index contributed by atoms with van der Waals surface area (Å²) in [6.45, 7) is 19.6. The highest BCUT2D eigenvalue weighted by molar-refractivity contribution is 7.90. The normalized spacial score (nSPS) is 19.6. The molecule has 2 aromatic carbocycles. The number of carbonyl (C=O) groups excluding carboxylic acids is 6. The molecule has 2 aromatic rings. The molecule has 4 aliphatic rings. The largest absolute Gasteiger partial charge is 0.487 e. The second-order valence-corrected chi connectivity index (χ2v) is 23.5. The van der Waals surface area contributed by atoms with E-state index >= 15 is 0 Å². The molecule has 77 heavy (non-hydrogen) atoms. The van der Waals surface area contributed by atoms with Gasteiger partial charge in [-0.1, -0.05) is 43.3 Å². The van der Waals surface area contributed by atoms with Gasteiger partial charge in [0.05, 0.1) is 10.9 Å². The number of nitrogens with two attached hydrogens (primary N) is 2. The lowest BCUT2D eigenvalue weighted by molar-refractivity contribution is -0.146. The fourth-order valence-electron chi connectivity index (χ4n) is 11.1. The Kier molecular flexibility index (Phi) is 20.5. The van der Waals surface area contributed by atoms with Gasteiger partial charge in [0.15, 0.2) is 0 Å². The van der Waals surface area contributed by atoms with Crippen LogP contribution < -0.4 is 42.2 Å². The van der Waals surface area contributed by atoms with Crippen LogP contribution in [-0.4, -0.2) is 127 Å². The second-order valence-electron chi connectivity index (χ2n) is 21.9. The van der Waals surface area contributed by atoms with Gasteiger partial charge in [0.25, 0.3) is 10.0 Å². The first kappa shape index (κ1) is 60.0. The van der Waals surface area contributed by atoms with Crippen LogP contribution in [0, 0.1) is 20.8 Å². The van der Waals surface area contributed by atoms with Crippen LogP contribution in [-0.2, 0) is 58.1 Å². The number of ether oxygens (including phenoxy) is 1. The van der Waals surface area contributed by atoms with Gasteiger partial charge in [-0.05, 0) is 159 Å². The summed E-state index contributed by atoms with van der Waals surface area (Å²) in [5.74, 6) is -2.43. The minimum Gasteiger partial charge on any atom is -0.487 e. The molecule has 3 fully saturated rings. The Morgan fingerprint density at radius 3 is 2.12 bits per heavy atom. The summed E-state index contributed by atoms with van der Waals surface area (Å²) in [6.07, 6.45) is 11.4. The first-order valence-electron chi connectivity index (χ1n) is 27.6. The number of aliphatic imine (C=N–C) groups is 1. The number of guanidine groups is 1. The number of nitrogens with zero attached hydrogens (tertiary/aromatic N) is 3. The van der Waals surface area contributed by atoms with E-state index < -0.39 is 80.9 Å². The molecule has 0 spiro atoms. The summed E-state index contributed by atoms with van der Waals surface area (Å²) in [4.78, 5) is 92.7. The van der Waals surface area contributed by atoms with Gasteiger partial charge in [-0.25, -0.2) is 13.1 Å². The summed E-state index contributed by atoms with van der Waals surface area (Å²) < 4.78 is 36.4. The van der Waals surface area contributed by atoms with Crippen LogP contribution >= 0.6 is 0 Å². The molecule has 0 unspecified atom stereocenters. The van der Waals surface area contributed by atoms with Crippen molar-refractivity contribution in [3.63, 3.8) is 0 Å². The fourth-order valence-corrected chi connectivity index (χ4v) is 12.6. The van der Waals surface area contributed by atoms with E-state index in [1.54, 1.807) is 26.0 Å². The minimum atomic E-state index is -4.19. The number of unbranched alkanes of at least 4 members (excludes halogenated alkanes) is 2. The number of hydrogen-bond acceptors (Lipinski definition) is 11. The van der Waals surface area contributed by atoms with Crippen molar-refractivity contribution >= 4 is 51.4 Å². The number of carbonyl (C=O) groups is 6. The Morgan fingerprint density at radius 1 is 0.844 bits per heavy atom. The Hall–Kier alpha value is -6.28. The number of nitrogens with one attached hydrogen (secondary N) is 5. The standard InChI is InChI=1S/C57H84N10O9S/c1-9-12-14-23-42(58)49(68)62-44(34-40-22-16-21-39(11-3)33-40)53(72)67-32-19-26-46(67)51(70)64-57(27-20-28-57)54(73)63-43(52(71)66-31-18-25-45(66)50(69)60-29-15-13-10-2)24-17-30-61-55(59)65-77(74,75)48-37(5)36(4)47-41(38(48)6)35-56(7,8)76-47/h9-10,16,21-22,33,42-46H,1-2,11-15,17-20,23-32,34-35,58H2,3-8H3,(H,60,69)(H,62,68)(H,63,73)(H,64,70)(H3,59,61,65)/t42-,43-,44-,45-,46-/m0/s1. The monoisotopic (exact) mass is 1080 g/mol. The van der Waals surface area contributed by atoms with Gasteiger partial charge >= 0.3 is 0 Å². The Labute approximate surface area is 455 Å². The van der Waals surface area contributed by atoms with Gasteiger partial charge in [0.1, 0.15) is 41.1 Å². The number of likely N-dealkylation sites (tertiary alicyclic amines) is 2. The van der Waals surface area contributed by atoms with E-state index in [0.29, 0.717) is 94.1 Å². The maximum absolute atomic E-state index is 14.7. The average Bonchev–Trinajstić information content (AvgIpc) is 4.15. The molecule has 3 aliphatic heterocycles. The van der Waals surface area contributed by atoms with E-state index in [0.717, 1.165) is 28.7 Å². The smallest absolute Gasteiger partial charge is 0.264 e. The minimum absolute atomic E-state index is 0.0232. The van der Waals surface area contributed by atoms with E-state index in [9.17, 15) is 37.2 Å². The molecular weight excluding hydrogens is 1000 g/mol. The molecule has 5 atom stereocenters. The Balaban J connectivity index is 1.18. The number of sulfonamides is 1. The highest BCUT2D eigenvalue weighted by Gasteiger charge is 2.50. The molecular formula is C57H84N10O9S. The molecule has 422 valence electrons. The van der Waals surface area contributed by atoms with Crippen molar-refractivity contribution in [2.45, 2.75) is 197 Å². The molecule has 0 radical (unpaired) electrons. The third kappa shape index (κ3) is 14.7. The Bertz CT molecular complexity index is 2690. The zero-order valence-electron chi connectivity index (χ0n) is 46.2. The SMILES string of the molecule is C=CCCCNC(=O)[C@@H]1CCCN1C(=O)[C@H](CCCN=C(N)NS(=O)(=O)c1c(C)c(C)c2c(c1C)CC(C)(C)O2)NC(=O)C1(NC(=O)[C@@H]2CCCN2C(=O)[C@H](Cc2cccc(CC)c2)NC(=O)[C@@H](N)CCCC=C)CCC1. The predicted octanol–water partition coefficient (Wildman–Crippen LogP) is 4.26. The highest BCUT2D eigenvalue weighted by atomic mass is 32.2. The van der Waals surface area contributed by atoms with Crippen molar-refractivity contribution in [1.29, 1.82) is 0 Å². The number of fused-ring (bicyclic) bond motifs is 1. The van der Waals surface area contributed by atoms with Gasteiger partial charge in [0.2, 0.25) is 41.4 Å². The van der Waals surface area contributed by atoms with E-state index in [2.05, 4.69) is 44.1 Å². The summed E-state index contributed by atoms with van der Waals surface area (Å²) in [5.41, 5.74) is 15.2. The number of rotatable bonds is 26. The fraction of sp³-hybridized carbons (Fsp3) is 0.596. The van der Waals surface area contributed by atoms with Crippen LogP contribution in [0.15, 0.2) is 59.5 Å². The number of benzene rings is 2. The predicted molar refractivity (Wildman–Crippen MR) is 297 cm³/mol. The second kappa shape index (κ2) is 26.4. The molecule has 20 heteroatoms. The van der Waals surface area contributed by atoms with Gasteiger partial charge < -0.3 is 47.3 Å². The number of allylic oxidation sites excluding steroid dienone is 2. The number of amides is 6. The third-order valence-electron chi connectivity index (χ3n) is 15.6. The molecule has 6 rings (SSSR count). The third-order valence-corrected chi connectivity index (χ3v) is 17.2. The van der Waals surface area contributed by atoms with Crippen LogP contribution in [0.1, 0.15) is 144 Å². The van der Waals surface area contributed by atoms with Crippen molar-refractivity contribution in [1.82, 2.24) is 35.8 Å².